The number of amides is 1. The number of benzene rings is 2. The van der Waals surface area contributed by atoms with Gasteiger partial charge in [-0.3, -0.25) is 0 Å². The number of hydrogen-bond donors (Lipinski definition) is 1. The summed E-state index contributed by atoms with van der Waals surface area (Å²) in [5.74, 6) is 0.553. The van der Waals surface area contributed by atoms with Crippen LogP contribution < -0.4 is 0 Å². The molecule has 1 aliphatic rings. The van der Waals surface area contributed by atoms with Crippen LogP contribution in [0.2, 0.25) is 0 Å². The average Bonchev–Trinajstić information content (AvgIpc) is 3.11. The Morgan fingerprint density at radius 1 is 1.19 bits per heavy atom. The van der Waals surface area contributed by atoms with E-state index in [1.54, 1.807) is 0 Å². The number of likely N-dealkylation sites (tertiary alicyclic amines) is 1. The molecule has 1 aromatic heterocycles. The third-order valence-electron chi connectivity index (χ3n) is 5.72. The molecular weight excluding hydrogens is 340 g/mol. The summed E-state index contributed by atoms with van der Waals surface area (Å²) in [7, 11) is 0. The van der Waals surface area contributed by atoms with Crippen LogP contribution in [0.1, 0.15) is 30.5 Å². The van der Waals surface area contributed by atoms with Crippen molar-refractivity contribution >= 4 is 17.1 Å². The van der Waals surface area contributed by atoms with Crippen molar-refractivity contribution in [2.24, 2.45) is 5.92 Å². The number of piperidine rings is 1. The molecule has 0 radical (unpaired) electrons. The summed E-state index contributed by atoms with van der Waals surface area (Å²) in [6.45, 7) is 3.36. The minimum atomic E-state index is -0.805. The van der Waals surface area contributed by atoms with Gasteiger partial charge < -0.3 is 14.5 Å². The topological polar surface area (TPSA) is 66.6 Å². The fourth-order valence-corrected chi connectivity index (χ4v) is 4.05. The molecule has 1 fully saturated rings. The predicted octanol–water partition coefficient (Wildman–Crippen LogP) is 5.13. The van der Waals surface area contributed by atoms with Crippen LogP contribution in [0.25, 0.3) is 22.1 Å². The molecule has 1 saturated heterocycles. The highest BCUT2D eigenvalue weighted by atomic mass is 16.5. The van der Waals surface area contributed by atoms with E-state index in [2.05, 4.69) is 36.3 Å². The molecule has 2 heterocycles. The highest BCUT2D eigenvalue weighted by molar-refractivity contribution is 5.88. The van der Waals surface area contributed by atoms with E-state index in [0.717, 1.165) is 47.9 Å². The van der Waals surface area contributed by atoms with Crippen LogP contribution in [0.5, 0.6) is 0 Å². The van der Waals surface area contributed by atoms with Gasteiger partial charge in [0, 0.05) is 24.0 Å². The van der Waals surface area contributed by atoms with E-state index >= 15 is 0 Å². The number of nitrogens with zero attached hydrogens (tertiary/aromatic N) is 2. The number of rotatable bonds is 4. The van der Waals surface area contributed by atoms with E-state index in [9.17, 15) is 4.79 Å². The van der Waals surface area contributed by atoms with E-state index in [4.69, 9.17) is 9.63 Å². The number of carboxylic acid groups (broad SMARTS) is 1. The van der Waals surface area contributed by atoms with Crippen LogP contribution in [0.3, 0.4) is 0 Å². The number of hydrogen-bond acceptors (Lipinski definition) is 3. The summed E-state index contributed by atoms with van der Waals surface area (Å²) in [6, 6.07) is 14.6. The highest BCUT2D eigenvalue weighted by Gasteiger charge is 2.23. The largest absolute Gasteiger partial charge is 0.465 e. The molecule has 0 bridgehead atoms. The fourth-order valence-electron chi connectivity index (χ4n) is 4.05. The third kappa shape index (κ3) is 3.54. The van der Waals surface area contributed by atoms with Gasteiger partial charge >= 0.3 is 6.09 Å². The summed E-state index contributed by atoms with van der Waals surface area (Å²) in [5.41, 5.74) is 5.35. The first-order valence-corrected chi connectivity index (χ1v) is 9.54. The van der Waals surface area contributed by atoms with Crippen LogP contribution in [-0.2, 0) is 6.42 Å². The second kappa shape index (κ2) is 7.43. The molecule has 4 rings (SSSR count). The molecule has 0 saturated carbocycles. The lowest BCUT2D eigenvalue weighted by Gasteiger charge is -2.29. The van der Waals surface area contributed by atoms with Gasteiger partial charge in [-0.25, -0.2) is 4.79 Å². The van der Waals surface area contributed by atoms with Crippen LogP contribution in [0, 0.1) is 12.8 Å². The first-order valence-electron chi connectivity index (χ1n) is 9.54. The number of aryl methyl sites for hydroxylation is 2. The zero-order valence-corrected chi connectivity index (χ0v) is 15.5. The third-order valence-corrected chi connectivity index (χ3v) is 5.72. The van der Waals surface area contributed by atoms with Gasteiger partial charge in [0.05, 0.1) is 5.69 Å². The number of carbonyl (C=O) groups is 1. The van der Waals surface area contributed by atoms with Crippen molar-refractivity contribution < 1.29 is 14.4 Å². The van der Waals surface area contributed by atoms with E-state index in [0.29, 0.717) is 19.0 Å². The Hall–Kier alpha value is -2.82. The molecule has 5 nitrogen and oxygen atoms in total. The van der Waals surface area contributed by atoms with E-state index in [1.807, 2.05) is 18.2 Å². The molecule has 1 N–H and O–H groups in total. The zero-order chi connectivity index (χ0) is 18.8. The molecule has 27 heavy (non-hydrogen) atoms. The summed E-state index contributed by atoms with van der Waals surface area (Å²) < 4.78 is 5.69. The van der Waals surface area contributed by atoms with Gasteiger partial charge in [0.1, 0.15) is 0 Å². The summed E-state index contributed by atoms with van der Waals surface area (Å²) in [5, 5.41) is 14.5. The molecule has 0 atom stereocenters. The molecule has 5 heteroatoms. The lowest BCUT2D eigenvalue weighted by Crippen LogP contribution is -2.37. The Balaban J connectivity index is 1.48. The monoisotopic (exact) mass is 364 g/mol. The molecule has 2 aromatic carbocycles. The summed E-state index contributed by atoms with van der Waals surface area (Å²) in [4.78, 5) is 12.5. The Morgan fingerprint density at radius 2 is 1.93 bits per heavy atom. The summed E-state index contributed by atoms with van der Waals surface area (Å²) >= 11 is 0. The van der Waals surface area contributed by atoms with E-state index in [-0.39, 0.29) is 0 Å². The normalized spacial score (nSPS) is 15.4. The van der Waals surface area contributed by atoms with E-state index < -0.39 is 6.09 Å². The van der Waals surface area contributed by atoms with Crippen molar-refractivity contribution in [2.45, 2.75) is 32.6 Å². The van der Waals surface area contributed by atoms with Crippen LogP contribution in [0.4, 0.5) is 4.79 Å². The molecule has 3 aromatic rings. The standard InChI is InChI=1S/C22H24N2O3/c1-15-18(17-5-3-2-4-6-17)8-9-19-20(23-27-21(15)19)10-7-16-11-13-24(14-12-16)22(25)26/h2-6,8-9,16H,7,10-14H2,1H3,(H,25,26). The maximum Gasteiger partial charge on any atom is 0.407 e. The van der Waals surface area contributed by atoms with Gasteiger partial charge in [0.15, 0.2) is 5.58 Å². The maximum absolute atomic E-state index is 11.0. The smallest absolute Gasteiger partial charge is 0.407 e. The van der Waals surface area contributed by atoms with Crippen molar-refractivity contribution in [2.75, 3.05) is 13.1 Å². The highest BCUT2D eigenvalue weighted by Crippen LogP contribution is 2.32. The van der Waals surface area contributed by atoms with Gasteiger partial charge in [-0.2, -0.15) is 0 Å². The predicted molar refractivity (Wildman–Crippen MR) is 105 cm³/mol. The SMILES string of the molecule is Cc1c(-c2ccccc2)ccc2c(CCC3CCN(C(=O)O)CC3)noc12. The first kappa shape index (κ1) is 17.6. The maximum atomic E-state index is 11.0. The van der Waals surface area contributed by atoms with Crippen molar-refractivity contribution in [3.63, 3.8) is 0 Å². The average molecular weight is 364 g/mol. The lowest BCUT2D eigenvalue weighted by molar-refractivity contribution is 0.123. The number of aromatic nitrogens is 1. The number of fused-ring (bicyclic) bond motifs is 1. The molecular formula is C22H24N2O3. The van der Waals surface area contributed by atoms with Crippen molar-refractivity contribution in [3.05, 3.63) is 53.7 Å². The lowest BCUT2D eigenvalue weighted by atomic mass is 9.91. The second-order valence-electron chi connectivity index (χ2n) is 7.36. The van der Waals surface area contributed by atoms with Gasteiger partial charge in [0.2, 0.25) is 0 Å². The molecule has 0 unspecified atom stereocenters. The summed E-state index contributed by atoms with van der Waals surface area (Å²) in [6.07, 6.45) is 2.95. The van der Waals surface area contributed by atoms with Gasteiger partial charge in [-0.15, -0.1) is 0 Å². The minimum Gasteiger partial charge on any atom is -0.465 e. The minimum absolute atomic E-state index is 0.553. The molecule has 1 aliphatic heterocycles. The van der Waals surface area contributed by atoms with Gasteiger partial charge in [0.25, 0.3) is 0 Å². The van der Waals surface area contributed by atoms with E-state index in [1.165, 1.54) is 16.0 Å². The molecule has 0 spiro atoms. The van der Waals surface area contributed by atoms with Crippen molar-refractivity contribution in [1.82, 2.24) is 10.1 Å². The van der Waals surface area contributed by atoms with Crippen molar-refractivity contribution in [1.29, 1.82) is 0 Å². The molecule has 0 aliphatic carbocycles. The quantitative estimate of drug-likeness (QED) is 0.697. The van der Waals surface area contributed by atoms with Gasteiger partial charge in [-0.05, 0) is 55.7 Å². The van der Waals surface area contributed by atoms with Crippen molar-refractivity contribution in [3.8, 4) is 11.1 Å². The molecule has 140 valence electrons. The van der Waals surface area contributed by atoms with Crippen LogP contribution >= 0.6 is 0 Å². The Kier molecular flexibility index (Phi) is 4.84. The first-order chi connectivity index (χ1) is 13.1. The second-order valence-corrected chi connectivity index (χ2v) is 7.36. The Labute approximate surface area is 158 Å². The van der Waals surface area contributed by atoms with Crippen LogP contribution in [-0.4, -0.2) is 34.3 Å². The Bertz CT molecular complexity index is 941. The Morgan fingerprint density at radius 3 is 2.63 bits per heavy atom. The fraction of sp³-hybridized carbons (Fsp3) is 0.364. The zero-order valence-electron chi connectivity index (χ0n) is 15.5. The molecule has 1 amide bonds. The van der Waals surface area contributed by atoms with Crippen LogP contribution in [0.15, 0.2) is 47.0 Å². The van der Waals surface area contributed by atoms with Gasteiger partial charge in [-0.1, -0.05) is 41.6 Å².